The Morgan fingerprint density at radius 3 is 2.32 bits per heavy atom. The van der Waals surface area contributed by atoms with Gasteiger partial charge >= 0.3 is 0 Å². The fraction of sp³-hybridized carbons (Fsp3) is 0.640. The minimum Gasteiger partial charge on any atom is -0.347 e. The summed E-state index contributed by atoms with van der Waals surface area (Å²) in [5.74, 6) is 2.89. The summed E-state index contributed by atoms with van der Waals surface area (Å²) in [6.07, 6.45) is 9.04. The molecule has 0 atom stereocenters. The lowest BCUT2D eigenvalue weighted by Gasteiger charge is -2.55. The van der Waals surface area contributed by atoms with Crippen LogP contribution in [0.1, 0.15) is 62.3 Å². The Morgan fingerprint density at radius 2 is 1.68 bits per heavy atom. The largest absolute Gasteiger partial charge is 0.347 e. The molecule has 2 aromatic rings. The number of hydrogen-bond acceptors (Lipinski definition) is 4. The molecule has 4 saturated carbocycles. The van der Waals surface area contributed by atoms with Gasteiger partial charge in [-0.25, -0.2) is 4.98 Å². The molecular weight excluding hydrogens is 406 g/mol. The van der Waals surface area contributed by atoms with Crippen molar-refractivity contribution in [3.05, 3.63) is 29.3 Å². The maximum atomic E-state index is 13.1. The average Bonchev–Trinajstić information content (AvgIpc) is 3.21. The fourth-order valence-corrected chi connectivity index (χ4v) is 8.42. The molecule has 0 spiro atoms. The van der Waals surface area contributed by atoms with Gasteiger partial charge in [0.15, 0.2) is 0 Å². The number of piperidine rings is 1. The Hall–Kier alpha value is -1.95. The minimum atomic E-state index is -0.172. The molecule has 1 N–H and O–H groups in total. The summed E-state index contributed by atoms with van der Waals surface area (Å²) in [7, 11) is 0. The number of fused-ring (bicyclic) bond motifs is 1. The minimum absolute atomic E-state index is 0.0702. The van der Waals surface area contributed by atoms with E-state index in [0.717, 1.165) is 68.5 Å². The lowest BCUT2D eigenvalue weighted by molar-refractivity contribution is -0.148. The first-order valence-electron chi connectivity index (χ1n) is 12.0. The van der Waals surface area contributed by atoms with E-state index < -0.39 is 0 Å². The fourth-order valence-electron chi connectivity index (χ4n) is 7.28. The van der Waals surface area contributed by atoms with Crippen molar-refractivity contribution < 1.29 is 9.59 Å². The highest BCUT2D eigenvalue weighted by Crippen LogP contribution is 2.60. The zero-order valence-corrected chi connectivity index (χ0v) is 18.8. The second kappa shape index (κ2) is 7.58. The molecule has 164 valence electrons. The molecule has 6 heteroatoms. The maximum Gasteiger partial charge on any atom is 0.241 e. The van der Waals surface area contributed by atoms with Gasteiger partial charge < -0.3 is 10.2 Å². The second-order valence-electron chi connectivity index (χ2n) is 10.6. The number of nitrogens with one attached hydrogen (secondary N) is 1. The van der Waals surface area contributed by atoms with E-state index in [2.05, 4.69) is 23.5 Å². The Labute approximate surface area is 187 Å². The molecule has 31 heavy (non-hydrogen) atoms. The van der Waals surface area contributed by atoms with E-state index in [0.29, 0.717) is 5.92 Å². The summed E-state index contributed by atoms with van der Waals surface area (Å²) in [6, 6.07) is 8.29. The van der Waals surface area contributed by atoms with Gasteiger partial charge in [0.2, 0.25) is 11.8 Å². The average molecular weight is 438 g/mol. The quantitative estimate of drug-likeness (QED) is 0.774. The van der Waals surface area contributed by atoms with Crippen molar-refractivity contribution in [1.29, 1.82) is 0 Å². The zero-order chi connectivity index (χ0) is 21.0. The predicted molar refractivity (Wildman–Crippen MR) is 122 cm³/mol. The van der Waals surface area contributed by atoms with Crippen LogP contribution in [0.5, 0.6) is 0 Å². The monoisotopic (exact) mass is 437 g/mol. The van der Waals surface area contributed by atoms with E-state index in [4.69, 9.17) is 4.98 Å². The molecular formula is C25H31N3O2S. The van der Waals surface area contributed by atoms with Crippen molar-refractivity contribution >= 4 is 33.4 Å². The number of amides is 2. The topological polar surface area (TPSA) is 62.3 Å². The van der Waals surface area contributed by atoms with Crippen LogP contribution in [-0.4, -0.2) is 41.3 Å². The molecule has 1 aliphatic heterocycles. The predicted octanol–water partition coefficient (Wildman–Crippen LogP) is 4.33. The standard InChI is InChI=1S/C25H31N3O2S/c29-22(15-26-24(30)25-12-16-9-17(13-25)11-18(10-16)14-25)28-7-5-19(6-8-28)23-27-20-3-1-2-4-21(20)31-23/h1-4,16-19H,5-15H2,(H,26,30). The van der Waals surface area contributed by atoms with E-state index in [1.54, 1.807) is 11.3 Å². The molecule has 4 bridgehead atoms. The van der Waals surface area contributed by atoms with Gasteiger partial charge in [-0.2, -0.15) is 0 Å². The van der Waals surface area contributed by atoms with Gasteiger partial charge in [0.05, 0.1) is 21.8 Å². The highest BCUT2D eigenvalue weighted by atomic mass is 32.1. The highest BCUT2D eigenvalue weighted by Gasteiger charge is 2.54. The van der Waals surface area contributed by atoms with Crippen LogP contribution in [0.15, 0.2) is 24.3 Å². The van der Waals surface area contributed by atoms with Crippen LogP contribution in [0, 0.1) is 23.2 Å². The third kappa shape index (κ3) is 3.57. The molecule has 1 aromatic heterocycles. The summed E-state index contributed by atoms with van der Waals surface area (Å²) in [6.45, 7) is 1.67. The number of aromatic nitrogens is 1. The Bertz CT molecular complexity index is 939. The highest BCUT2D eigenvalue weighted by molar-refractivity contribution is 7.18. The smallest absolute Gasteiger partial charge is 0.241 e. The number of hydrogen-bond donors (Lipinski definition) is 1. The molecule has 1 saturated heterocycles. The van der Waals surface area contributed by atoms with Crippen LogP contribution in [0.2, 0.25) is 0 Å². The van der Waals surface area contributed by atoms with Gasteiger partial charge in [0.1, 0.15) is 0 Å². The van der Waals surface area contributed by atoms with Crippen LogP contribution in [-0.2, 0) is 9.59 Å². The summed E-state index contributed by atoms with van der Waals surface area (Å²) >= 11 is 1.78. The van der Waals surface area contributed by atoms with Gasteiger partial charge in [-0.15, -0.1) is 11.3 Å². The van der Waals surface area contributed by atoms with E-state index in [1.807, 2.05) is 11.0 Å². The number of thiazole rings is 1. The number of likely N-dealkylation sites (tertiary alicyclic amines) is 1. The molecule has 0 radical (unpaired) electrons. The van der Waals surface area contributed by atoms with Gasteiger partial charge in [-0.3, -0.25) is 9.59 Å². The van der Waals surface area contributed by atoms with Gasteiger partial charge in [0.25, 0.3) is 0 Å². The molecule has 1 aromatic carbocycles. The zero-order valence-electron chi connectivity index (χ0n) is 18.0. The van der Waals surface area contributed by atoms with E-state index in [1.165, 1.54) is 29.0 Å². The van der Waals surface area contributed by atoms with Crippen LogP contribution in [0.25, 0.3) is 10.2 Å². The molecule has 2 amide bonds. The molecule has 5 aliphatic rings. The number of rotatable bonds is 4. The summed E-state index contributed by atoms with van der Waals surface area (Å²) < 4.78 is 1.24. The van der Waals surface area contributed by atoms with Crippen molar-refractivity contribution in [2.75, 3.05) is 19.6 Å². The first-order valence-corrected chi connectivity index (χ1v) is 12.8. The summed E-state index contributed by atoms with van der Waals surface area (Å²) in [4.78, 5) is 32.7. The molecule has 5 fully saturated rings. The number of carbonyl (C=O) groups is 2. The van der Waals surface area contributed by atoms with Gasteiger partial charge in [-0.1, -0.05) is 12.1 Å². The number of benzene rings is 1. The maximum absolute atomic E-state index is 13.1. The number of nitrogens with zero attached hydrogens (tertiary/aromatic N) is 2. The lowest BCUT2D eigenvalue weighted by Crippen LogP contribution is -2.55. The van der Waals surface area contributed by atoms with E-state index >= 15 is 0 Å². The van der Waals surface area contributed by atoms with E-state index in [9.17, 15) is 9.59 Å². The third-order valence-electron chi connectivity index (χ3n) is 8.43. The van der Waals surface area contributed by atoms with Crippen molar-refractivity contribution in [1.82, 2.24) is 15.2 Å². The van der Waals surface area contributed by atoms with Crippen LogP contribution in [0.3, 0.4) is 0 Å². The number of carbonyl (C=O) groups excluding carboxylic acids is 2. The van der Waals surface area contributed by atoms with Crippen LogP contribution >= 0.6 is 11.3 Å². The summed E-state index contributed by atoms with van der Waals surface area (Å²) in [5, 5.41) is 4.25. The SMILES string of the molecule is O=C(CNC(=O)C12CC3CC(CC(C3)C1)C2)N1CCC(c2nc3ccccc3s2)CC1. The third-order valence-corrected chi connectivity index (χ3v) is 9.63. The van der Waals surface area contributed by atoms with Gasteiger partial charge in [-0.05, 0) is 81.3 Å². The van der Waals surface area contributed by atoms with Crippen LogP contribution in [0.4, 0.5) is 0 Å². The van der Waals surface area contributed by atoms with Crippen LogP contribution < -0.4 is 5.32 Å². The molecule has 7 rings (SSSR count). The Balaban J connectivity index is 1.03. The van der Waals surface area contributed by atoms with Crippen molar-refractivity contribution in [3.63, 3.8) is 0 Å². The van der Waals surface area contributed by atoms with Crippen molar-refractivity contribution in [2.24, 2.45) is 23.2 Å². The molecule has 2 heterocycles. The Kier molecular flexibility index (Phi) is 4.82. The van der Waals surface area contributed by atoms with Crippen molar-refractivity contribution in [3.8, 4) is 0 Å². The Morgan fingerprint density at radius 1 is 1.03 bits per heavy atom. The van der Waals surface area contributed by atoms with Gasteiger partial charge in [0, 0.05) is 24.4 Å². The van der Waals surface area contributed by atoms with E-state index in [-0.39, 0.29) is 23.8 Å². The number of para-hydroxylation sites is 1. The molecule has 0 unspecified atom stereocenters. The molecule has 4 aliphatic carbocycles. The van der Waals surface area contributed by atoms with Crippen molar-refractivity contribution in [2.45, 2.75) is 57.3 Å². The second-order valence-corrected chi connectivity index (χ2v) is 11.6. The normalized spacial score (nSPS) is 32.5. The molecule has 5 nitrogen and oxygen atoms in total. The first-order chi connectivity index (χ1) is 15.1. The lowest BCUT2D eigenvalue weighted by atomic mass is 9.49. The first kappa shape index (κ1) is 19.7. The summed E-state index contributed by atoms with van der Waals surface area (Å²) in [5.41, 5.74) is 0.905.